The van der Waals surface area contributed by atoms with Gasteiger partial charge in [0.05, 0.1) is 5.69 Å². The Hall–Kier alpha value is -2.08. The van der Waals surface area contributed by atoms with E-state index < -0.39 is 0 Å². The fraction of sp³-hybridized carbons (Fsp3) is 0.529. The lowest BCUT2D eigenvalue weighted by atomic mass is 9.93. The van der Waals surface area contributed by atoms with Crippen LogP contribution in [0, 0.1) is 5.92 Å². The summed E-state index contributed by atoms with van der Waals surface area (Å²) >= 11 is 0. The second-order valence-electron chi connectivity index (χ2n) is 6.18. The van der Waals surface area contributed by atoms with Crippen molar-refractivity contribution >= 4 is 17.5 Å². The molecule has 0 aromatic heterocycles. The Kier molecular flexibility index (Phi) is 4.81. The minimum atomic E-state index is -0.188. The number of fused-ring (bicyclic) bond motifs is 1. The van der Waals surface area contributed by atoms with E-state index in [1.54, 1.807) is 18.2 Å². The molecule has 2 amide bonds. The van der Waals surface area contributed by atoms with Gasteiger partial charge in [0.25, 0.3) is 11.8 Å². The summed E-state index contributed by atoms with van der Waals surface area (Å²) in [7, 11) is 1.97. The standard InChI is InChI=1S/C17H23N3O3/c1-18-7-4-12-5-8-20(9-6-12)17(22)13-2-3-15-14(10-13)19-16(21)11-23-15/h2-3,10,12,18H,4-9,11H2,1H3,(H,19,21). The van der Waals surface area contributed by atoms with Crippen LogP contribution in [0.1, 0.15) is 29.6 Å². The van der Waals surface area contributed by atoms with Gasteiger partial charge in [-0.3, -0.25) is 9.59 Å². The topological polar surface area (TPSA) is 70.7 Å². The van der Waals surface area contributed by atoms with Crippen molar-refractivity contribution in [3.05, 3.63) is 23.8 Å². The predicted molar refractivity (Wildman–Crippen MR) is 87.7 cm³/mol. The Bertz CT molecular complexity index is 595. The lowest BCUT2D eigenvalue weighted by Crippen LogP contribution is -2.39. The number of rotatable bonds is 4. The maximum atomic E-state index is 12.6. The van der Waals surface area contributed by atoms with Crippen molar-refractivity contribution in [3.8, 4) is 5.75 Å². The lowest BCUT2D eigenvalue weighted by Gasteiger charge is -2.32. The molecule has 1 saturated heterocycles. The van der Waals surface area contributed by atoms with E-state index in [0.717, 1.165) is 32.5 Å². The number of hydrogen-bond acceptors (Lipinski definition) is 4. The minimum Gasteiger partial charge on any atom is -0.482 e. The van der Waals surface area contributed by atoms with Gasteiger partial charge in [-0.2, -0.15) is 0 Å². The molecule has 6 nitrogen and oxygen atoms in total. The number of ether oxygens (including phenoxy) is 1. The van der Waals surface area contributed by atoms with Gasteiger partial charge in [0.15, 0.2) is 6.61 Å². The number of carbonyl (C=O) groups is 2. The molecule has 2 heterocycles. The van der Waals surface area contributed by atoms with Crippen molar-refractivity contribution in [2.45, 2.75) is 19.3 Å². The van der Waals surface area contributed by atoms with E-state index in [9.17, 15) is 9.59 Å². The highest BCUT2D eigenvalue weighted by molar-refractivity contribution is 5.99. The SMILES string of the molecule is CNCCC1CCN(C(=O)c2ccc3c(c2)NC(=O)CO3)CC1. The highest BCUT2D eigenvalue weighted by Gasteiger charge is 2.25. The van der Waals surface area contributed by atoms with Crippen LogP contribution in [0.25, 0.3) is 0 Å². The van der Waals surface area contributed by atoms with Crippen molar-refractivity contribution in [1.82, 2.24) is 10.2 Å². The van der Waals surface area contributed by atoms with E-state index in [1.165, 1.54) is 6.42 Å². The number of amides is 2. The van der Waals surface area contributed by atoms with E-state index in [0.29, 0.717) is 22.9 Å². The number of anilines is 1. The molecule has 0 radical (unpaired) electrons. The van der Waals surface area contributed by atoms with Crippen LogP contribution < -0.4 is 15.4 Å². The fourth-order valence-corrected chi connectivity index (χ4v) is 3.17. The zero-order chi connectivity index (χ0) is 16.2. The van der Waals surface area contributed by atoms with Gasteiger partial charge in [0.1, 0.15) is 5.75 Å². The number of hydrogen-bond donors (Lipinski definition) is 2. The van der Waals surface area contributed by atoms with Crippen LogP contribution in [0.2, 0.25) is 0 Å². The molecule has 1 fully saturated rings. The molecule has 2 aliphatic rings. The van der Waals surface area contributed by atoms with Gasteiger partial charge in [-0.1, -0.05) is 0 Å². The maximum absolute atomic E-state index is 12.6. The first-order valence-corrected chi connectivity index (χ1v) is 8.18. The molecule has 3 rings (SSSR count). The molecule has 1 aromatic rings. The summed E-state index contributed by atoms with van der Waals surface area (Å²) in [5, 5.41) is 5.93. The van der Waals surface area contributed by atoms with Crippen LogP contribution >= 0.6 is 0 Å². The monoisotopic (exact) mass is 317 g/mol. The number of likely N-dealkylation sites (tertiary alicyclic amines) is 1. The summed E-state index contributed by atoms with van der Waals surface area (Å²) in [6.45, 7) is 2.66. The van der Waals surface area contributed by atoms with Crippen molar-refractivity contribution in [2.75, 3.05) is 38.6 Å². The Morgan fingerprint density at radius 2 is 2.17 bits per heavy atom. The van der Waals surface area contributed by atoms with Gasteiger partial charge in [0, 0.05) is 18.7 Å². The largest absolute Gasteiger partial charge is 0.482 e. The van der Waals surface area contributed by atoms with Crippen LogP contribution in [0.5, 0.6) is 5.75 Å². The summed E-state index contributed by atoms with van der Waals surface area (Å²) in [6.07, 6.45) is 3.27. The molecule has 0 atom stereocenters. The third-order valence-corrected chi connectivity index (χ3v) is 4.56. The number of nitrogens with zero attached hydrogens (tertiary/aromatic N) is 1. The van der Waals surface area contributed by atoms with Gasteiger partial charge < -0.3 is 20.3 Å². The van der Waals surface area contributed by atoms with E-state index >= 15 is 0 Å². The molecule has 1 aromatic carbocycles. The summed E-state index contributed by atoms with van der Waals surface area (Å²) in [6, 6.07) is 5.23. The highest BCUT2D eigenvalue weighted by atomic mass is 16.5. The van der Waals surface area contributed by atoms with Gasteiger partial charge in [0.2, 0.25) is 0 Å². The molecule has 0 saturated carbocycles. The molecule has 0 aliphatic carbocycles. The van der Waals surface area contributed by atoms with Gasteiger partial charge in [-0.05, 0) is 57.0 Å². The minimum absolute atomic E-state index is 0.0275. The van der Waals surface area contributed by atoms with Crippen LogP contribution in [0.3, 0.4) is 0 Å². The van der Waals surface area contributed by atoms with E-state index in [2.05, 4.69) is 10.6 Å². The highest BCUT2D eigenvalue weighted by Crippen LogP contribution is 2.29. The Balaban J connectivity index is 1.63. The van der Waals surface area contributed by atoms with Gasteiger partial charge in [-0.25, -0.2) is 0 Å². The first-order chi connectivity index (χ1) is 11.2. The van der Waals surface area contributed by atoms with Crippen LogP contribution in [0.15, 0.2) is 18.2 Å². The van der Waals surface area contributed by atoms with Crippen molar-refractivity contribution in [1.29, 1.82) is 0 Å². The maximum Gasteiger partial charge on any atom is 0.262 e. The molecule has 0 spiro atoms. The average molecular weight is 317 g/mol. The number of piperidine rings is 1. The van der Waals surface area contributed by atoms with Crippen molar-refractivity contribution in [3.63, 3.8) is 0 Å². The summed E-state index contributed by atoms with van der Waals surface area (Å²) in [5.74, 6) is 1.15. The van der Waals surface area contributed by atoms with Gasteiger partial charge in [-0.15, -0.1) is 0 Å². The van der Waals surface area contributed by atoms with E-state index in [-0.39, 0.29) is 18.4 Å². The average Bonchev–Trinajstić information content (AvgIpc) is 2.59. The zero-order valence-corrected chi connectivity index (χ0v) is 13.4. The zero-order valence-electron chi connectivity index (χ0n) is 13.4. The quantitative estimate of drug-likeness (QED) is 0.882. The Morgan fingerprint density at radius 3 is 2.91 bits per heavy atom. The number of nitrogens with one attached hydrogen (secondary N) is 2. The third-order valence-electron chi connectivity index (χ3n) is 4.56. The van der Waals surface area contributed by atoms with Crippen molar-refractivity contribution < 1.29 is 14.3 Å². The van der Waals surface area contributed by atoms with Crippen LogP contribution in [-0.4, -0.2) is 50.0 Å². The first kappa shape index (κ1) is 15.8. The second-order valence-corrected chi connectivity index (χ2v) is 6.18. The molecular formula is C17H23N3O3. The summed E-state index contributed by atoms with van der Waals surface area (Å²) in [4.78, 5) is 25.9. The third kappa shape index (κ3) is 3.64. The van der Waals surface area contributed by atoms with Crippen LogP contribution in [-0.2, 0) is 4.79 Å². The number of benzene rings is 1. The molecular weight excluding hydrogens is 294 g/mol. The molecule has 6 heteroatoms. The second kappa shape index (κ2) is 7.00. The fourth-order valence-electron chi connectivity index (χ4n) is 3.17. The van der Waals surface area contributed by atoms with E-state index in [1.807, 2.05) is 11.9 Å². The Labute approximate surface area is 136 Å². The van der Waals surface area contributed by atoms with Crippen molar-refractivity contribution in [2.24, 2.45) is 5.92 Å². The molecule has 2 aliphatic heterocycles. The summed E-state index contributed by atoms with van der Waals surface area (Å²) in [5.41, 5.74) is 1.18. The predicted octanol–water partition coefficient (Wildman–Crippen LogP) is 1.48. The normalized spacial score (nSPS) is 18.1. The number of carbonyl (C=O) groups excluding carboxylic acids is 2. The molecule has 0 unspecified atom stereocenters. The molecule has 124 valence electrons. The Morgan fingerprint density at radius 1 is 1.39 bits per heavy atom. The molecule has 0 bridgehead atoms. The lowest BCUT2D eigenvalue weighted by molar-refractivity contribution is -0.118. The smallest absolute Gasteiger partial charge is 0.262 e. The molecule has 23 heavy (non-hydrogen) atoms. The summed E-state index contributed by atoms with van der Waals surface area (Å²) < 4.78 is 5.32. The van der Waals surface area contributed by atoms with Crippen LogP contribution in [0.4, 0.5) is 5.69 Å². The molecule has 2 N–H and O–H groups in total. The van der Waals surface area contributed by atoms with E-state index in [4.69, 9.17) is 4.74 Å². The first-order valence-electron chi connectivity index (χ1n) is 8.18. The van der Waals surface area contributed by atoms with Gasteiger partial charge >= 0.3 is 0 Å².